The molecule has 7 nitrogen and oxygen atoms in total. The maximum atomic E-state index is 12.3. The molecule has 138 valence electrons. The largest absolute Gasteiger partial charge is 0.370 e. The van der Waals surface area contributed by atoms with E-state index in [9.17, 15) is 4.79 Å². The van der Waals surface area contributed by atoms with E-state index in [1.165, 1.54) is 0 Å². The molecule has 1 atom stereocenters. The molecule has 0 bridgehead atoms. The number of halogens is 1. The van der Waals surface area contributed by atoms with Gasteiger partial charge in [-0.3, -0.25) is 9.36 Å². The number of imidazole rings is 1. The second-order valence-corrected chi connectivity index (χ2v) is 6.92. The first-order chi connectivity index (χ1) is 13.2. The van der Waals surface area contributed by atoms with Crippen molar-refractivity contribution >= 4 is 23.2 Å². The summed E-state index contributed by atoms with van der Waals surface area (Å²) in [6, 6.07) is 11.3. The molecule has 1 aromatic carbocycles. The third kappa shape index (κ3) is 3.93. The zero-order valence-electron chi connectivity index (χ0n) is 14.6. The molecule has 3 aromatic rings. The number of nitrogens with zero attached hydrogens (tertiary/aromatic N) is 5. The van der Waals surface area contributed by atoms with Gasteiger partial charge in [-0.2, -0.15) is 0 Å². The Bertz CT molecular complexity index is 912. The Balaban J connectivity index is 1.31. The number of para-hydroxylation sites is 1. The maximum absolute atomic E-state index is 12.3. The summed E-state index contributed by atoms with van der Waals surface area (Å²) in [5.41, 5.74) is 1.36. The highest BCUT2D eigenvalue weighted by Gasteiger charge is 2.24. The van der Waals surface area contributed by atoms with Crippen molar-refractivity contribution in [1.29, 1.82) is 0 Å². The zero-order chi connectivity index (χ0) is 18.6. The minimum absolute atomic E-state index is 0.212. The number of hydrogen-bond donors (Lipinski definition) is 1. The fourth-order valence-corrected chi connectivity index (χ4v) is 3.49. The van der Waals surface area contributed by atoms with E-state index in [4.69, 9.17) is 11.6 Å². The fourth-order valence-electron chi connectivity index (χ4n) is 3.23. The van der Waals surface area contributed by atoms with Gasteiger partial charge in [0.2, 0.25) is 0 Å². The summed E-state index contributed by atoms with van der Waals surface area (Å²) in [5.74, 6) is 0.787. The van der Waals surface area contributed by atoms with E-state index in [2.05, 4.69) is 25.4 Å². The lowest BCUT2D eigenvalue weighted by Crippen LogP contribution is -2.31. The first kappa shape index (κ1) is 17.5. The molecule has 4 rings (SSSR count). The number of rotatable bonds is 5. The summed E-state index contributed by atoms with van der Waals surface area (Å²) in [6.07, 6.45) is 6.08. The number of carbonyl (C=O) groups excluding carboxylic acids is 1. The molecule has 0 radical (unpaired) electrons. The number of hydrogen-bond acceptors (Lipinski definition) is 5. The molecule has 1 aliphatic rings. The second-order valence-electron chi connectivity index (χ2n) is 6.51. The predicted molar refractivity (Wildman–Crippen MR) is 103 cm³/mol. The van der Waals surface area contributed by atoms with Crippen molar-refractivity contribution < 1.29 is 4.79 Å². The molecular weight excluding hydrogens is 364 g/mol. The quantitative estimate of drug-likeness (QED) is 0.734. The van der Waals surface area contributed by atoms with Crippen molar-refractivity contribution in [2.75, 3.05) is 24.5 Å². The lowest BCUT2D eigenvalue weighted by Gasteiger charge is -2.20. The van der Waals surface area contributed by atoms with E-state index in [-0.39, 0.29) is 5.91 Å². The van der Waals surface area contributed by atoms with Crippen LogP contribution in [0.1, 0.15) is 16.9 Å². The van der Waals surface area contributed by atoms with Gasteiger partial charge >= 0.3 is 0 Å². The van der Waals surface area contributed by atoms with Crippen LogP contribution < -0.4 is 10.2 Å². The molecule has 0 spiro atoms. The van der Waals surface area contributed by atoms with Gasteiger partial charge in [0.05, 0.1) is 10.7 Å². The third-order valence-corrected chi connectivity index (χ3v) is 5.00. The van der Waals surface area contributed by atoms with Crippen LogP contribution in [0.4, 0.5) is 5.69 Å². The van der Waals surface area contributed by atoms with E-state index in [1.807, 2.05) is 24.3 Å². The molecule has 0 saturated carbocycles. The smallest absolute Gasteiger partial charge is 0.271 e. The highest BCUT2D eigenvalue weighted by Crippen LogP contribution is 2.29. The van der Waals surface area contributed by atoms with E-state index >= 15 is 0 Å². The average Bonchev–Trinajstić information content (AvgIpc) is 3.39. The number of carbonyl (C=O) groups is 1. The molecule has 1 unspecified atom stereocenters. The van der Waals surface area contributed by atoms with Crippen LogP contribution in [0.25, 0.3) is 5.82 Å². The monoisotopic (exact) mass is 382 g/mol. The molecular formula is C19H19ClN6O. The maximum Gasteiger partial charge on any atom is 0.271 e. The normalized spacial score (nSPS) is 16.5. The summed E-state index contributed by atoms with van der Waals surface area (Å²) in [4.78, 5) is 18.6. The summed E-state index contributed by atoms with van der Waals surface area (Å²) in [7, 11) is 0. The van der Waals surface area contributed by atoms with Gasteiger partial charge in [0.15, 0.2) is 11.5 Å². The van der Waals surface area contributed by atoms with Gasteiger partial charge in [0.1, 0.15) is 6.33 Å². The van der Waals surface area contributed by atoms with Gasteiger partial charge in [0, 0.05) is 32.0 Å². The second kappa shape index (κ2) is 7.75. The van der Waals surface area contributed by atoms with Crippen molar-refractivity contribution in [3.05, 3.63) is 65.8 Å². The summed E-state index contributed by atoms with van der Waals surface area (Å²) < 4.78 is 1.73. The standard InChI is InChI=1S/C19H19ClN6O/c20-15-3-1-2-4-17(15)25-9-7-14(12-25)11-22-19(27)16-5-6-18(24-23-16)26-10-8-21-13-26/h1-6,8,10,13-14H,7,9,11-12H2,(H,22,27). The fraction of sp³-hybridized carbons (Fsp3) is 0.263. The van der Waals surface area contributed by atoms with Gasteiger partial charge in [-0.25, -0.2) is 4.98 Å². The van der Waals surface area contributed by atoms with E-state index in [1.54, 1.807) is 35.4 Å². The molecule has 0 aliphatic carbocycles. The number of nitrogens with one attached hydrogen (secondary N) is 1. The zero-order valence-corrected chi connectivity index (χ0v) is 15.4. The SMILES string of the molecule is O=C(NCC1CCN(c2ccccc2Cl)C1)c1ccc(-n2ccnc2)nn1. The van der Waals surface area contributed by atoms with Crippen LogP contribution >= 0.6 is 11.6 Å². The van der Waals surface area contributed by atoms with E-state index < -0.39 is 0 Å². The Morgan fingerprint density at radius 3 is 2.85 bits per heavy atom. The van der Waals surface area contributed by atoms with E-state index in [0.717, 1.165) is 30.2 Å². The molecule has 3 heterocycles. The predicted octanol–water partition coefficient (Wildman–Crippen LogP) is 2.57. The Hall–Kier alpha value is -2.93. The summed E-state index contributed by atoms with van der Waals surface area (Å²) >= 11 is 6.28. The average molecular weight is 383 g/mol. The van der Waals surface area contributed by atoms with Gasteiger partial charge < -0.3 is 10.2 Å². The van der Waals surface area contributed by atoms with Gasteiger partial charge in [-0.05, 0) is 36.6 Å². The topological polar surface area (TPSA) is 75.9 Å². The number of amides is 1. The Morgan fingerprint density at radius 2 is 2.11 bits per heavy atom. The van der Waals surface area contributed by atoms with Crippen LogP contribution in [-0.2, 0) is 0 Å². The first-order valence-corrected chi connectivity index (χ1v) is 9.18. The minimum Gasteiger partial charge on any atom is -0.370 e. The molecule has 1 amide bonds. The van der Waals surface area contributed by atoms with Gasteiger partial charge in [0.25, 0.3) is 5.91 Å². The Labute approximate surface area is 162 Å². The first-order valence-electron chi connectivity index (χ1n) is 8.80. The van der Waals surface area contributed by atoms with Gasteiger partial charge in [-0.1, -0.05) is 23.7 Å². The Kier molecular flexibility index (Phi) is 5.02. The van der Waals surface area contributed by atoms with Crippen LogP contribution in [0, 0.1) is 5.92 Å². The molecule has 1 aliphatic heterocycles. The number of benzene rings is 1. The lowest BCUT2D eigenvalue weighted by atomic mass is 10.1. The summed E-state index contributed by atoms with van der Waals surface area (Å²) in [6.45, 7) is 2.41. The molecule has 1 N–H and O–H groups in total. The van der Waals surface area contributed by atoms with E-state index in [0.29, 0.717) is 24.0 Å². The number of anilines is 1. The lowest BCUT2D eigenvalue weighted by molar-refractivity contribution is 0.0942. The van der Waals surface area contributed by atoms with Crippen molar-refractivity contribution in [3.63, 3.8) is 0 Å². The number of aromatic nitrogens is 4. The van der Waals surface area contributed by atoms with Crippen LogP contribution in [0.3, 0.4) is 0 Å². The molecule has 8 heteroatoms. The van der Waals surface area contributed by atoms with Crippen molar-refractivity contribution in [2.45, 2.75) is 6.42 Å². The molecule has 2 aromatic heterocycles. The minimum atomic E-state index is -0.212. The van der Waals surface area contributed by atoms with Crippen LogP contribution in [0.2, 0.25) is 5.02 Å². The van der Waals surface area contributed by atoms with Crippen molar-refractivity contribution in [3.8, 4) is 5.82 Å². The Morgan fingerprint density at radius 1 is 1.22 bits per heavy atom. The van der Waals surface area contributed by atoms with Crippen LogP contribution in [-0.4, -0.2) is 45.3 Å². The summed E-state index contributed by atoms with van der Waals surface area (Å²) in [5, 5.41) is 11.8. The third-order valence-electron chi connectivity index (χ3n) is 4.68. The highest BCUT2D eigenvalue weighted by molar-refractivity contribution is 6.33. The van der Waals surface area contributed by atoms with Crippen LogP contribution in [0.15, 0.2) is 55.1 Å². The van der Waals surface area contributed by atoms with Crippen LogP contribution in [0.5, 0.6) is 0 Å². The molecule has 27 heavy (non-hydrogen) atoms. The van der Waals surface area contributed by atoms with Crippen molar-refractivity contribution in [2.24, 2.45) is 5.92 Å². The van der Waals surface area contributed by atoms with Gasteiger partial charge in [-0.15, -0.1) is 10.2 Å². The molecule has 1 saturated heterocycles. The highest BCUT2D eigenvalue weighted by atomic mass is 35.5. The molecule has 1 fully saturated rings. The van der Waals surface area contributed by atoms with Crippen molar-refractivity contribution in [1.82, 2.24) is 25.1 Å².